The standard InChI is InChI=1S/C10H20N4O/c1-3-15-5-4-10(13-11)6-9-7-12-14(2)8-9/h7-8,10,13H,3-6,11H2,1-2H3. The molecule has 5 heteroatoms. The summed E-state index contributed by atoms with van der Waals surface area (Å²) >= 11 is 0. The van der Waals surface area contributed by atoms with Crippen LogP contribution >= 0.6 is 0 Å². The minimum absolute atomic E-state index is 0.251. The number of aryl methyl sites for hydroxylation is 1. The highest BCUT2D eigenvalue weighted by molar-refractivity contribution is 5.05. The molecule has 1 atom stereocenters. The van der Waals surface area contributed by atoms with Crippen molar-refractivity contribution in [2.45, 2.75) is 25.8 Å². The molecule has 15 heavy (non-hydrogen) atoms. The van der Waals surface area contributed by atoms with Gasteiger partial charge in [-0.25, -0.2) is 0 Å². The van der Waals surface area contributed by atoms with Crippen LogP contribution in [0.1, 0.15) is 18.9 Å². The second-order valence-electron chi connectivity index (χ2n) is 3.58. The molecule has 0 aliphatic carbocycles. The fourth-order valence-electron chi connectivity index (χ4n) is 1.48. The number of hydrogen-bond donors (Lipinski definition) is 2. The van der Waals surface area contributed by atoms with Crippen LogP contribution in [0.5, 0.6) is 0 Å². The molecule has 86 valence electrons. The van der Waals surface area contributed by atoms with Crippen LogP contribution in [0, 0.1) is 0 Å². The van der Waals surface area contributed by atoms with E-state index in [2.05, 4.69) is 10.5 Å². The molecule has 0 saturated carbocycles. The quantitative estimate of drug-likeness (QED) is 0.385. The van der Waals surface area contributed by atoms with Crippen molar-refractivity contribution in [3.63, 3.8) is 0 Å². The Morgan fingerprint density at radius 3 is 3.00 bits per heavy atom. The van der Waals surface area contributed by atoms with E-state index in [1.165, 1.54) is 5.56 Å². The molecule has 0 bridgehead atoms. The van der Waals surface area contributed by atoms with Crippen molar-refractivity contribution in [3.05, 3.63) is 18.0 Å². The van der Waals surface area contributed by atoms with E-state index in [9.17, 15) is 0 Å². The zero-order valence-corrected chi connectivity index (χ0v) is 9.44. The van der Waals surface area contributed by atoms with Crippen molar-refractivity contribution in [1.29, 1.82) is 0 Å². The third-order valence-electron chi connectivity index (χ3n) is 2.29. The molecule has 1 heterocycles. The normalized spacial score (nSPS) is 13.0. The van der Waals surface area contributed by atoms with Crippen molar-refractivity contribution >= 4 is 0 Å². The van der Waals surface area contributed by atoms with Gasteiger partial charge < -0.3 is 4.74 Å². The monoisotopic (exact) mass is 212 g/mol. The number of rotatable bonds is 7. The van der Waals surface area contributed by atoms with Gasteiger partial charge in [0.2, 0.25) is 0 Å². The summed E-state index contributed by atoms with van der Waals surface area (Å²) in [7, 11) is 1.91. The Kier molecular flexibility index (Phi) is 5.31. The Morgan fingerprint density at radius 1 is 1.67 bits per heavy atom. The lowest BCUT2D eigenvalue weighted by Gasteiger charge is -2.14. The Bertz CT molecular complexity index is 274. The maximum Gasteiger partial charge on any atom is 0.0522 e. The van der Waals surface area contributed by atoms with Crippen molar-refractivity contribution in [1.82, 2.24) is 15.2 Å². The van der Waals surface area contributed by atoms with Crippen LogP contribution in [0.4, 0.5) is 0 Å². The molecule has 1 aromatic rings. The Hall–Kier alpha value is -0.910. The molecule has 0 spiro atoms. The maximum absolute atomic E-state index is 5.48. The highest BCUT2D eigenvalue weighted by Crippen LogP contribution is 2.04. The molecule has 0 aliphatic heterocycles. The Balaban J connectivity index is 2.33. The molecule has 5 nitrogen and oxygen atoms in total. The van der Waals surface area contributed by atoms with Gasteiger partial charge in [0.25, 0.3) is 0 Å². The summed E-state index contributed by atoms with van der Waals surface area (Å²) in [5.41, 5.74) is 3.99. The van der Waals surface area contributed by atoms with Gasteiger partial charge in [-0.2, -0.15) is 5.10 Å². The van der Waals surface area contributed by atoms with Gasteiger partial charge in [0.15, 0.2) is 0 Å². The molecule has 0 saturated heterocycles. The van der Waals surface area contributed by atoms with Crippen LogP contribution in [0.25, 0.3) is 0 Å². The number of hydrazine groups is 1. The van der Waals surface area contributed by atoms with Crippen LogP contribution in [0.2, 0.25) is 0 Å². The lowest BCUT2D eigenvalue weighted by Crippen LogP contribution is -2.37. The predicted molar refractivity (Wildman–Crippen MR) is 59.1 cm³/mol. The van der Waals surface area contributed by atoms with Gasteiger partial charge in [-0.3, -0.25) is 16.0 Å². The van der Waals surface area contributed by atoms with E-state index >= 15 is 0 Å². The summed E-state index contributed by atoms with van der Waals surface area (Å²) in [6.45, 7) is 3.49. The molecular weight excluding hydrogens is 192 g/mol. The first-order valence-corrected chi connectivity index (χ1v) is 5.27. The van der Waals surface area contributed by atoms with E-state index in [-0.39, 0.29) is 6.04 Å². The van der Waals surface area contributed by atoms with E-state index in [1.54, 1.807) is 4.68 Å². The van der Waals surface area contributed by atoms with Gasteiger partial charge in [-0.1, -0.05) is 0 Å². The fraction of sp³-hybridized carbons (Fsp3) is 0.700. The van der Waals surface area contributed by atoms with Gasteiger partial charge in [0.05, 0.1) is 6.20 Å². The second-order valence-corrected chi connectivity index (χ2v) is 3.58. The first-order chi connectivity index (χ1) is 7.26. The van der Waals surface area contributed by atoms with E-state index < -0.39 is 0 Å². The van der Waals surface area contributed by atoms with Gasteiger partial charge in [0, 0.05) is 32.5 Å². The average Bonchev–Trinajstić information content (AvgIpc) is 2.63. The first kappa shape index (κ1) is 12.2. The first-order valence-electron chi connectivity index (χ1n) is 5.27. The highest BCUT2D eigenvalue weighted by atomic mass is 16.5. The molecule has 1 unspecified atom stereocenters. The molecule has 3 N–H and O–H groups in total. The maximum atomic E-state index is 5.48. The van der Waals surface area contributed by atoms with E-state index in [1.807, 2.05) is 26.4 Å². The molecule has 1 aromatic heterocycles. The lowest BCUT2D eigenvalue weighted by molar-refractivity contribution is 0.136. The van der Waals surface area contributed by atoms with Gasteiger partial charge in [-0.15, -0.1) is 0 Å². The molecule has 1 rings (SSSR count). The van der Waals surface area contributed by atoms with Crippen molar-refractivity contribution in [2.75, 3.05) is 13.2 Å². The predicted octanol–water partition coefficient (Wildman–Crippen LogP) is 0.221. The summed E-state index contributed by atoms with van der Waals surface area (Å²) in [4.78, 5) is 0. The zero-order valence-electron chi connectivity index (χ0n) is 9.44. The van der Waals surface area contributed by atoms with Gasteiger partial charge >= 0.3 is 0 Å². The summed E-state index contributed by atoms with van der Waals surface area (Å²) < 4.78 is 7.09. The summed E-state index contributed by atoms with van der Waals surface area (Å²) in [5.74, 6) is 5.48. The number of nitrogens with two attached hydrogens (primary N) is 1. The number of hydrogen-bond acceptors (Lipinski definition) is 4. The molecule has 0 fully saturated rings. The van der Waals surface area contributed by atoms with Crippen LogP contribution < -0.4 is 11.3 Å². The highest BCUT2D eigenvalue weighted by Gasteiger charge is 2.08. The fourth-order valence-corrected chi connectivity index (χ4v) is 1.48. The lowest BCUT2D eigenvalue weighted by atomic mass is 10.1. The average molecular weight is 212 g/mol. The van der Waals surface area contributed by atoms with Crippen molar-refractivity contribution in [2.24, 2.45) is 12.9 Å². The smallest absolute Gasteiger partial charge is 0.0522 e. The molecule has 0 aliphatic rings. The minimum atomic E-state index is 0.251. The number of ether oxygens (including phenoxy) is 1. The number of nitrogens with one attached hydrogen (secondary N) is 1. The summed E-state index contributed by atoms with van der Waals surface area (Å²) in [5, 5.41) is 4.12. The number of nitrogens with zero attached hydrogens (tertiary/aromatic N) is 2. The van der Waals surface area contributed by atoms with E-state index in [4.69, 9.17) is 10.6 Å². The van der Waals surface area contributed by atoms with E-state index in [0.29, 0.717) is 0 Å². The third kappa shape index (κ3) is 4.42. The van der Waals surface area contributed by atoms with Gasteiger partial charge in [-0.05, 0) is 25.3 Å². The summed E-state index contributed by atoms with van der Waals surface area (Å²) in [6, 6.07) is 0.251. The third-order valence-corrected chi connectivity index (χ3v) is 2.29. The second kappa shape index (κ2) is 6.55. The Labute approximate surface area is 90.6 Å². The SMILES string of the molecule is CCOCCC(Cc1cnn(C)c1)NN. The van der Waals surface area contributed by atoms with Crippen LogP contribution in [0.3, 0.4) is 0 Å². The van der Waals surface area contributed by atoms with Crippen LogP contribution in [-0.4, -0.2) is 29.0 Å². The Morgan fingerprint density at radius 2 is 2.47 bits per heavy atom. The van der Waals surface area contributed by atoms with Crippen molar-refractivity contribution in [3.8, 4) is 0 Å². The molecule has 0 radical (unpaired) electrons. The minimum Gasteiger partial charge on any atom is -0.382 e. The number of aromatic nitrogens is 2. The topological polar surface area (TPSA) is 65.1 Å². The zero-order chi connectivity index (χ0) is 11.1. The van der Waals surface area contributed by atoms with Crippen LogP contribution in [0.15, 0.2) is 12.4 Å². The molecule has 0 aromatic carbocycles. The van der Waals surface area contributed by atoms with Crippen LogP contribution in [-0.2, 0) is 18.2 Å². The largest absolute Gasteiger partial charge is 0.382 e. The van der Waals surface area contributed by atoms with Gasteiger partial charge in [0.1, 0.15) is 0 Å². The molecule has 0 amide bonds. The molecular formula is C10H20N4O. The van der Waals surface area contributed by atoms with Crippen molar-refractivity contribution < 1.29 is 4.74 Å². The van der Waals surface area contributed by atoms with E-state index in [0.717, 1.165) is 26.1 Å². The summed E-state index contributed by atoms with van der Waals surface area (Å²) in [6.07, 6.45) is 5.67.